The minimum absolute atomic E-state index is 0.00953. The van der Waals surface area contributed by atoms with E-state index in [0.717, 1.165) is 17.7 Å². The van der Waals surface area contributed by atoms with Crippen LogP contribution < -0.4 is 20.1 Å². The molecule has 1 aromatic heterocycles. The van der Waals surface area contributed by atoms with E-state index in [4.69, 9.17) is 14.0 Å². The molecule has 4 bridgehead atoms. The Morgan fingerprint density at radius 3 is 2.51 bits per heavy atom. The third-order valence-electron chi connectivity index (χ3n) is 8.87. The number of aromatic nitrogens is 1. The van der Waals surface area contributed by atoms with Gasteiger partial charge in [0.05, 0.1) is 19.3 Å². The number of likely N-dealkylation sites (tertiary alicyclic amines) is 1. The molecule has 0 radical (unpaired) electrons. The van der Waals surface area contributed by atoms with E-state index in [-0.39, 0.29) is 62.3 Å². The summed E-state index contributed by atoms with van der Waals surface area (Å²) >= 11 is 0. The number of methoxy groups -OCH3 is 1. The molecule has 3 heterocycles. The predicted octanol–water partition coefficient (Wildman–Crippen LogP) is 3.73. The van der Waals surface area contributed by atoms with Crippen molar-refractivity contribution in [2.75, 3.05) is 39.8 Å². The summed E-state index contributed by atoms with van der Waals surface area (Å²) in [4.78, 5) is 56.5. The number of aryl methyl sites for hydroxylation is 2. The van der Waals surface area contributed by atoms with Crippen molar-refractivity contribution in [1.82, 2.24) is 25.6 Å². The maximum absolute atomic E-state index is 13.9. The Hall–Kier alpha value is -5.01. The highest BCUT2D eigenvalue weighted by molar-refractivity contribution is 5.95. The number of rotatable bonds is 5. The minimum Gasteiger partial charge on any atom is -0.493 e. The van der Waals surface area contributed by atoms with Crippen molar-refractivity contribution in [3.63, 3.8) is 0 Å². The molecule has 12 nitrogen and oxygen atoms in total. The zero-order chi connectivity index (χ0) is 35.1. The average molecular weight is 682 g/mol. The van der Waals surface area contributed by atoms with Crippen LogP contribution in [-0.2, 0) is 16.0 Å². The summed E-state index contributed by atoms with van der Waals surface area (Å²) in [6.45, 7) is 4.83. The first kappa shape index (κ1) is 35.3. The molecule has 2 aliphatic rings. The van der Waals surface area contributed by atoms with E-state index >= 15 is 0 Å². The normalized spacial score (nSPS) is 19.2. The van der Waals surface area contributed by atoms with E-state index in [1.54, 1.807) is 25.1 Å². The number of hydrogen-bond donors (Lipinski definition) is 2. The van der Waals surface area contributed by atoms with Gasteiger partial charge in [0.15, 0.2) is 23.1 Å². The van der Waals surface area contributed by atoms with E-state index in [2.05, 4.69) is 15.8 Å². The monoisotopic (exact) mass is 681 g/mol. The Morgan fingerprint density at radius 1 is 1.00 bits per heavy atom. The second-order valence-corrected chi connectivity index (χ2v) is 12.2. The Kier molecular flexibility index (Phi) is 11.5. The fraction of sp³-hybridized carbons (Fsp3) is 0.457. The van der Waals surface area contributed by atoms with E-state index in [0.29, 0.717) is 60.7 Å². The number of amides is 4. The highest BCUT2D eigenvalue weighted by Crippen LogP contribution is 2.32. The van der Waals surface area contributed by atoms with Gasteiger partial charge in [-0.15, -0.1) is 0 Å². The molecule has 14 heteroatoms. The Morgan fingerprint density at radius 2 is 1.78 bits per heavy atom. The number of fused-ring (bicyclic) bond motifs is 4. The summed E-state index contributed by atoms with van der Waals surface area (Å²) < 4.78 is 44.5. The molecule has 2 atom stereocenters. The molecule has 1 fully saturated rings. The number of hydrogen-bond acceptors (Lipinski definition) is 8. The van der Waals surface area contributed by atoms with Gasteiger partial charge in [-0.3, -0.25) is 19.2 Å². The van der Waals surface area contributed by atoms with Crippen LogP contribution in [0, 0.1) is 25.5 Å². The Labute approximate surface area is 283 Å². The number of ether oxygens (including phenoxy) is 2. The summed E-state index contributed by atoms with van der Waals surface area (Å²) in [7, 11) is 1.48. The molecule has 1 saturated heterocycles. The minimum atomic E-state index is -1.12. The average Bonchev–Trinajstić information content (AvgIpc) is 3.66. The molecule has 0 aliphatic carbocycles. The third kappa shape index (κ3) is 8.54. The topological polar surface area (TPSA) is 143 Å². The molecule has 3 aromatic rings. The van der Waals surface area contributed by atoms with Crippen LogP contribution >= 0.6 is 0 Å². The lowest BCUT2D eigenvalue weighted by Crippen LogP contribution is -2.46. The van der Waals surface area contributed by atoms with Gasteiger partial charge in [-0.2, -0.15) is 0 Å². The quantitative estimate of drug-likeness (QED) is 0.415. The fourth-order valence-corrected chi connectivity index (χ4v) is 6.19. The lowest BCUT2D eigenvalue weighted by Gasteiger charge is -2.24. The maximum Gasteiger partial charge on any atom is 0.253 e. The first-order chi connectivity index (χ1) is 23.5. The SMILES string of the molecule is COc1ccc2cc1O[C@H]1C[C@@H](C(=O)NCCCCN(C(=O)c3ccc(F)c(F)c3)CCCNC2=O)N(C(=O)CCc2c(C)noc2C)C1. The van der Waals surface area contributed by atoms with Crippen LogP contribution in [0.25, 0.3) is 0 Å². The summed E-state index contributed by atoms with van der Waals surface area (Å²) in [6.07, 6.45) is 1.63. The number of carbonyl (C=O) groups excluding carboxylic acids is 4. The molecule has 2 aromatic carbocycles. The van der Waals surface area contributed by atoms with Crippen molar-refractivity contribution >= 4 is 23.6 Å². The first-order valence-corrected chi connectivity index (χ1v) is 16.4. The van der Waals surface area contributed by atoms with Crippen LogP contribution in [0.15, 0.2) is 40.9 Å². The van der Waals surface area contributed by atoms with Crippen molar-refractivity contribution in [3.05, 3.63) is 76.2 Å². The zero-order valence-electron chi connectivity index (χ0n) is 27.9. The lowest BCUT2D eigenvalue weighted by atomic mass is 10.1. The van der Waals surface area contributed by atoms with Crippen LogP contribution in [0.4, 0.5) is 8.78 Å². The lowest BCUT2D eigenvalue weighted by molar-refractivity contribution is -0.138. The highest BCUT2D eigenvalue weighted by Gasteiger charge is 2.41. The number of carbonyl (C=O) groups is 4. The summed E-state index contributed by atoms with van der Waals surface area (Å²) in [5, 5.41) is 9.75. The smallest absolute Gasteiger partial charge is 0.253 e. The molecule has 49 heavy (non-hydrogen) atoms. The van der Waals surface area contributed by atoms with Gasteiger partial charge in [0, 0.05) is 55.7 Å². The van der Waals surface area contributed by atoms with Crippen LogP contribution in [0.3, 0.4) is 0 Å². The van der Waals surface area contributed by atoms with Crippen molar-refractivity contribution in [3.8, 4) is 11.5 Å². The van der Waals surface area contributed by atoms with E-state index in [9.17, 15) is 28.0 Å². The molecule has 4 amide bonds. The second-order valence-electron chi connectivity index (χ2n) is 12.2. The van der Waals surface area contributed by atoms with Crippen LogP contribution in [0.2, 0.25) is 0 Å². The molecule has 2 aliphatic heterocycles. The van der Waals surface area contributed by atoms with Crippen LogP contribution in [0.1, 0.15) is 69.8 Å². The molecule has 0 spiro atoms. The van der Waals surface area contributed by atoms with Crippen LogP contribution in [0.5, 0.6) is 11.5 Å². The third-order valence-corrected chi connectivity index (χ3v) is 8.87. The number of nitrogens with zero attached hydrogens (tertiary/aromatic N) is 3. The van der Waals surface area contributed by atoms with Crippen molar-refractivity contribution in [2.24, 2.45) is 0 Å². The standard InChI is InChI=1S/C35H41F2N5O7/c1-21-26(22(2)49-40-21)9-12-32(43)42-20-25-19-29(42)34(45)39-13-4-5-15-41(35(46)24-7-10-27(36)28(37)17-24)16-6-14-38-33(44)23-8-11-30(47-3)31(18-23)48-25/h7-8,10-11,17-18,25,29H,4-6,9,12-16,19-20H2,1-3H3,(H,38,44)(H,39,45)/t25-,29-/m0/s1. The predicted molar refractivity (Wildman–Crippen MR) is 173 cm³/mol. The largest absolute Gasteiger partial charge is 0.493 e. The number of benzene rings is 2. The van der Waals surface area contributed by atoms with Crippen molar-refractivity contribution in [2.45, 2.75) is 64.5 Å². The molecular weight excluding hydrogens is 640 g/mol. The Bertz CT molecular complexity index is 1680. The van der Waals surface area contributed by atoms with Crippen molar-refractivity contribution in [1.29, 1.82) is 0 Å². The highest BCUT2D eigenvalue weighted by atomic mass is 19.2. The van der Waals surface area contributed by atoms with Gasteiger partial charge < -0.3 is 34.4 Å². The first-order valence-electron chi connectivity index (χ1n) is 16.4. The van der Waals surface area contributed by atoms with Gasteiger partial charge in [0.1, 0.15) is 17.9 Å². The molecule has 262 valence electrons. The molecule has 0 saturated carbocycles. The zero-order valence-corrected chi connectivity index (χ0v) is 27.9. The molecule has 2 N–H and O–H groups in total. The second kappa shape index (κ2) is 15.9. The van der Waals surface area contributed by atoms with E-state index < -0.39 is 29.7 Å². The van der Waals surface area contributed by atoms with Crippen LogP contribution in [-0.4, -0.2) is 90.6 Å². The van der Waals surface area contributed by atoms with Crippen molar-refractivity contribution < 1.29 is 42.0 Å². The maximum atomic E-state index is 13.9. The van der Waals surface area contributed by atoms with Gasteiger partial charge in [0.25, 0.3) is 11.8 Å². The van der Waals surface area contributed by atoms with Gasteiger partial charge in [-0.1, -0.05) is 5.16 Å². The van der Waals surface area contributed by atoms with E-state index in [1.165, 1.54) is 23.0 Å². The molecule has 0 unspecified atom stereocenters. The van der Waals surface area contributed by atoms with Gasteiger partial charge in [-0.05, 0) is 75.9 Å². The summed E-state index contributed by atoms with van der Waals surface area (Å²) in [6, 6.07) is 6.98. The summed E-state index contributed by atoms with van der Waals surface area (Å²) in [5.41, 5.74) is 1.88. The molecule has 5 rings (SSSR count). The number of halogens is 2. The number of nitrogens with one attached hydrogen (secondary N) is 2. The van der Waals surface area contributed by atoms with Gasteiger partial charge >= 0.3 is 0 Å². The van der Waals surface area contributed by atoms with Gasteiger partial charge in [0.2, 0.25) is 11.8 Å². The molecular formula is C35H41F2N5O7. The van der Waals surface area contributed by atoms with Gasteiger partial charge in [-0.25, -0.2) is 8.78 Å². The Balaban J connectivity index is 1.35. The van der Waals surface area contributed by atoms with E-state index in [1.807, 2.05) is 6.92 Å². The fourth-order valence-electron chi connectivity index (χ4n) is 6.19. The summed E-state index contributed by atoms with van der Waals surface area (Å²) in [5.74, 6) is -2.24.